The standard InChI is InChI=1S/C28H28FN3O4/c1-20-25(19-31(16-17-34-2)27(33)24-14-7-8-15-26(24)29)28(32(30-20)21-10-5-4-6-11-21)36-23-13-9-12-22(18-23)35-3/h4-15,18H,16-17,19H2,1-3H3. The van der Waals surface area contributed by atoms with E-state index in [0.29, 0.717) is 28.6 Å². The van der Waals surface area contributed by atoms with Crippen molar-refractivity contribution in [2.45, 2.75) is 13.5 Å². The van der Waals surface area contributed by atoms with E-state index in [-0.39, 0.29) is 25.3 Å². The molecule has 0 saturated heterocycles. The quantitative estimate of drug-likeness (QED) is 0.298. The van der Waals surface area contributed by atoms with Crippen LogP contribution in [0.1, 0.15) is 21.6 Å². The summed E-state index contributed by atoms with van der Waals surface area (Å²) in [7, 11) is 3.15. The van der Waals surface area contributed by atoms with Gasteiger partial charge in [0.15, 0.2) is 0 Å². The second-order valence-electron chi connectivity index (χ2n) is 8.10. The van der Waals surface area contributed by atoms with Crippen LogP contribution in [0.3, 0.4) is 0 Å². The van der Waals surface area contributed by atoms with Gasteiger partial charge in [0.2, 0.25) is 5.88 Å². The molecule has 0 aliphatic heterocycles. The molecule has 0 bridgehead atoms. The number of aromatic nitrogens is 2. The van der Waals surface area contributed by atoms with Crippen molar-refractivity contribution in [3.05, 3.63) is 102 Å². The Hall–Kier alpha value is -4.17. The molecule has 7 nitrogen and oxygen atoms in total. The Morgan fingerprint density at radius 2 is 1.69 bits per heavy atom. The zero-order chi connectivity index (χ0) is 25.5. The van der Waals surface area contributed by atoms with E-state index in [0.717, 1.165) is 5.69 Å². The van der Waals surface area contributed by atoms with Crippen molar-refractivity contribution in [1.82, 2.24) is 14.7 Å². The first-order valence-electron chi connectivity index (χ1n) is 11.5. The van der Waals surface area contributed by atoms with Crippen LogP contribution in [0.4, 0.5) is 4.39 Å². The third-order valence-corrected chi connectivity index (χ3v) is 5.70. The molecule has 186 valence electrons. The van der Waals surface area contributed by atoms with Crippen LogP contribution in [0.25, 0.3) is 5.69 Å². The summed E-state index contributed by atoms with van der Waals surface area (Å²) in [6, 6.07) is 22.8. The van der Waals surface area contributed by atoms with Crippen LogP contribution >= 0.6 is 0 Å². The number of aryl methyl sites for hydroxylation is 1. The van der Waals surface area contributed by atoms with E-state index in [9.17, 15) is 9.18 Å². The van der Waals surface area contributed by atoms with Crippen molar-refractivity contribution >= 4 is 5.91 Å². The van der Waals surface area contributed by atoms with E-state index < -0.39 is 11.7 Å². The average molecular weight is 490 g/mol. The monoisotopic (exact) mass is 489 g/mol. The number of methoxy groups -OCH3 is 2. The first-order chi connectivity index (χ1) is 17.5. The summed E-state index contributed by atoms with van der Waals surface area (Å²) in [5.41, 5.74) is 2.17. The topological polar surface area (TPSA) is 65.8 Å². The second-order valence-corrected chi connectivity index (χ2v) is 8.10. The number of halogens is 1. The van der Waals surface area contributed by atoms with Gasteiger partial charge in [-0.15, -0.1) is 0 Å². The predicted octanol–water partition coefficient (Wildman–Crippen LogP) is 5.41. The minimum absolute atomic E-state index is 0.00280. The van der Waals surface area contributed by atoms with Crippen LogP contribution in [0.5, 0.6) is 17.4 Å². The molecular weight excluding hydrogens is 461 g/mol. The maximum absolute atomic E-state index is 14.5. The molecule has 0 N–H and O–H groups in total. The smallest absolute Gasteiger partial charge is 0.257 e. The Balaban J connectivity index is 1.77. The molecule has 0 saturated carbocycles. The molecular formula is C28H28FN3O4. The number of hydrogen-bond acceptors (Lipinski definition) is 5. The Labute approximate surface area is 209 Å². The van der Waals surface area contributed by atoms with Crippen LogP contribution in [-0.4, -0.2) is 48.0 Å². The van der Waals surface area contributed by atoms with Gasteiger partial charge in [-0.1, -0.05) is 36.4 Å². The van der Waals surface area contributed by atoms with Crippen molar-refractivity contribution in [3.8, 4) is 23.1 Å². The number of ether oxygens (including phenoxy) is 3. The van der Waals surface area contributed by atoms with Crippen molar-refractivity contribution < 1.29 is 23.4 Å². The molecule has 4 rings (SSSR count). The second kappa shape index (κ2) is 11.5. The SMILES string of the molecule is COCCN(Cc1c(C)nn(-c2ccccc2)c1Oc1cccc(OC)c1)C(=O)c1ccccc1F. The molecule has 0 aliphatic carbocycles. The molecule has 0 atom stereocenters. The molecule has 0 spiro atoms. The number of carbonyl (C=O) groups is 1. The lowest BCUT2D eigenvalue weighted by Gasteiger charge is -2.23. The molecule has 36 heavy (non-hydrogen) atoms. The van der Waals surface area contributed by atoms with Crippen molar-refractivity contribution in [2.24, 2.45) is 0 Å². The fourth-order valence-corrected chi connectivity index (χ4v) is 3.80. The lowest BCUT2D eigenvalue weighted by molar-refractivity contribution is 0.0674. The van der Waals surface area contributed by atoms with E-state index in [4.69, 9.17) is 19.3 Å². The maximum atomic E-state index is 14.5. The highest BCUT2D eigenvalue weighted by Gasteiger charge is 2.25. The Kier molecular flexibility index (Phi) is 7.97. The highest BCUT2D eigenvalue weighted by atomic mass is 19.1. The van der Waals surface area contributed by atoms with E-state index in [1.165, 1.54) is 12.1 Å². The zero-order valence-corrected chi connectivity index (χ0v) is 20.5. The fraction of sp³-hybridized carbons (Fsp3) is 0.214. The Bertz CT molecular complexity index is 1320. The number of rotatable bonds is 10. The van der Waals surface area contributed by atoms with Gasteiger partial charge >= 0.3 is 0 Å². The number of benzene rings is 3. The van der Waals surface area contributed by atoms with E-state index in [1.807, 2.05) is 55.5 Å². The minimum Gasteiger partial charge on any atom is -0.497 e. The van der Waals surface area contributed by atoms with Gasteiger partial charge in [0.25, 0.3) is 5.91 Å². The molecule has 3 aromatic carbocycles. The molecule has 8 heteroatoms. The molecule has 1 amide bonds. The first kappa shape index (κ1) is 24.9. The van der Waals surface area contributed by atoms with Crippen molar-refractivity contribution in [2.75, 3.05) is 27.4 Å². The van der Waals surface area contributed by atoms with Gasteiger partial charge in [0.1, 0.15) is 17.3 Å². The number of carbonyl (C=O) groups excluding carboxylic acids is 1. The predicted molar refractivity (Wildman–Crippen MR) is 134 cm³/mol. The maximum Gasteiger partial charge on any atom is 0.257 e. The summed E-state index contributed by atoms with van der Waals surface area (Å²) < 4.78 is 33.1. The molecule has 4 aromatic rings. The summed E-state index contributed by atoms with van der Waals surface area (Å²) in [6.07, 6.45) is 0. The zero-order valence-electron chi connectivity index (χ0n) is 20.5. The van der Waals surface area contributed by atoms with E-state index in [2.05, 4.69) is 0 Å². The lowest BCUT2D eigenvalue weighted by atomic mass is 10.1. The molecule has 0 radical (unpaired) electrons. The molecule has 0 unspecified atom stereocenters. The average Bonchev–Trinajstić information content (AvgIpc) is 3.21. The van der Waals surface area contributed by atoms with E-state index >= 15 is 0 Å². The molecule has 0 fully saturated rings. The van der Waals surface area contributed by atoms with Crippen LogP contribution in [0.15, 0.2) is 78.9 Å². The van der Waals surface area contributed by atoms with Crippen LogP contribution in [-0.2, 0) is 11.3 Å². The number of nitrogens with zero attached hydrogens (tertiary/aromatic N) is 3. The van der Waals surface area contributed by atoms with Gasteiger partial charge in [0.05, 0.1) is 42.8 Å². The first-order valence-corrected chi connectivity index (χ1v) is 11.5. The van der Waals surface area contributed by atoms with Gasteiger partial charge in [0, 0.05) is 19.7 Å². The van der Waals surface area contributed by atoms with Gasteiger partial charge in [-0.05, 0) is 43.3 Å². The minimum atomic E-state index is -0.575. The van der Waals surface area contributed by atoms with Gasteiger partial charge < -0.3 is 19.1 Å². The number of amides is 1. The third-order valence-electron chi connectivity index (χ3n) is 5.70. The highest BCUT2D eigenvalue weighted by molar-refractivity contribution is 5.94. The Morgan fingerprint density at radius 3 is 2.42 bits per heavy atom. The summed E-state index contributed by atoms with van der Waals surface area (Å²) in [5.74, 6) is 0.638. The van der Waals surface area contributed by atoms with Gasteiger partial charge in [-0.2, -0.15) is 5.10 Å². The number of para-hydroxylation sites is 1. The van der Waals surface area contributed by atoms with Crippen LogP contribution in [0.2, 0.25) is 0 Å². The van der Waals surface area contributed by atoms with Gasteiger partial charge in [-0.25, -0.2) is 9.07 Å². The number of hydrogen-bond donors (Lipinski definition) is 0. The normalized spacial score (nSPS) is 10.8. The van der Waals surface area contributed by atoms with Crippen LogP contribution < -0.4 is 9.47 Å². The van der Waals surface area contributed by atoms with Crippen molar-refractivity contribution in [3.63, 3.8) is 0 Å². The van der Waals surface area contributed by atoms with E-state index in [1.54, 1.807) is 42.0 Å². The molecule has 1 heterocycles. The van der Waals surface area contributed by atoms with Gasteiger partial charge in [-0.3, -0.25) is 4.79 Å². The van der Waals surface area contributed by atoms with Crippen molar-refractivity contribution in [1.29, 1.82) is 0 Å². The molecule has 1 aromatic heterocycles. The molecule has 0 aliphatic rings. The highest BCUT2D eigenvalue weighted by Crippen LogP contribution is 2.33. The lowest BCUT2D eigenvalue weighted by Crippen LogP contribution is -2.34. The Morgan fingerprint density at radius 1 is 0.972 bits per heavy atom. The summed E-state index contributed by atoms with van der Waals surface area (Å²) in [5, 5.41) is 4.72. The summed E-state index contributed by atoms with van der Waals surface area (Å²) >= 11 is 0. The largest absolute Gasteiger partial charge is 0.497 e. The summed E-state index contributed by atoms with van der Waals surface area (Å²) in [4.78, 5) is 14.9. The fourth-order valence-electron chi connectivity index (χ4n) is 3.80. The van der Waals surface area contributed by atoms with Crippen LogP contribution in [0, 0.1) is 12.7 Å². The third kappa shape index (κ3) is 5.55. The summed E-state index contributed by atoms with van der Waals surface area (Å²) in [6.45, 7) is 2.56.